The van der Waals surface area contributed by atoms with Gasteiger partial charge in [-0.15, -0.1) is 0 Å². The van der Waals surface area contributed by atoms with Crippen LogP contribution in [0.2, 0.25) is 0 Å². The van der Waals surface area contributed by atoms with E-state index < -0.39 is 5.97 Å². The van der Waals surface area contributed by atoms with Crippen molar-refractivity contribution in [2.75, 3.05) is 7.11 Å². The quantitative estimate of drug-likeness (QED) is 0.434. The second-order valence-electron chi connectivity index (χ2n) is 11.6. The topological polar surface area (TPSA) is 99.4 Å². The van der Waals surface area contributed by atoms with Crippen LogP contribution in [0, 0.1) is 46.3 Å². The summed E-state index contributed by atoms with van der Waals surface area (Å²) in [4.78, 5) is 11.2. The maximum atomic E-state index is 11.2. The summed E-state index contributed by atoms with van der Waals surface area (Å²) in [6.45, 7) is 6.87. The molecule has 31 heavy (non-hydrogen) atoms. The Morgan fingerprint density at radius 1 is 1.23 bits per heavy atom. The van der Waals surface area contributed by atoms with Crippen LogP contribution < -0.4 is 0 Å². The van der Waals surface area contributed by atoms with Gasteiger partial charge in [0, 0.05) is 18.9 Å². The SMILES string of the molecule is CO[C@@H]1C[C@@H]2C[C@H](O)CC[C@]2(C)[C@H]2C/C(=N\O)[C@]3(C)[C@@H]([C@H](C)CCC(=O)O)CC[C@H]3[C@H]12. The number of rotatable bonds is 5. The molecule has 4 rings (SSSR count). The predicted octanol–water partition coefficient (Wildman–Crippen LogP) is 4.57. The summed E-state index contributed by atoms with van der Waals surface area (Å²) in [5.74, 6) is 1.53. The number of hydrogen-bond donors (Lipinski definition) is 3. The van der Waals surface area contributed by atoms with Gasteiger partial charge in [0.25, 0.3) is 0 Å². The summed E-state index contributed by atoms with van der Waals surface area (Å²) in [6, 6.07) is 0. The van der Waals surface area contributed by atoms with E-state index in [4.69, 9.17) is 4.74 Å². The number of carboxylic acids is 1. The molecule has 4 aliphatic carbocycles. The monoisotopic (exact) mass is 435 g/mol. The summed E-state index contributed by atoms with van der Waals surface area (Å²) in [5, 5.41) is 33.6. The number of hydrogen-bond acceptors (Lipinski definition) is 5. The standard InChI is InChI=1S/C25H41NO5/c1-14(5-8-22(28)29)17-6-7-18-23-19(13-21(26-30)25(17,18)3)24(2)10-9-16(27)11-15(24)12-20(23)31-4/h14-20,23,27,30H,5-13H2,1-4H3,(H,28,29)/b26-21+/t14-,15+,16-,17-,18+,19+,20-,23+,24+,25-/m1/s1. The van der Waals surface area contributed by atoms with Gasteiger partial charge in [-0.05, 0) is 92.3 Å². The molecule has 0 spiro atoms. The Hall–Kier alpha value is -1.14. The van der Waals surface area contributed by atoms with Gasteiger partial charge in [0.15, 0.2) is 0 Å². The largest absolute Gasteiger partial charge is 0.481 e. The van der Waals surface area contributed by atoms with Crippen molar-refractivity contribution in [2.45, 2.75) is 90.8 Å². The van der Waals surface area contributed by atoms with Crippen molar-refractivity contribution in [1.82, 2.24) is 0 Å². The lowest BCUT2D eigenvalue weighted by Crippen LogP contribution is -2.61. The van der Waals surface area contributed by atoms with Gasteiger partial charge >= 0.3 is 5.97 Å². The summed E-state index contributed by atoms with van der Waals surface area (Å²) < 4.78 is 6.12. The van der Waals surface area contributed by atoms with Crippen molar-refractivity contribution < 1.29 is 25.0 Å². The fourth-order valence-corrected chi connectivity index (χ4v) is 8.81. The Kier molecular flexibility index (Phi) is 6.19. The van der Waals surface area contributed by atoms with Crippen LogP contribution in [0.3, 0.4) is 0 Å². The molecule has 0 amide bonds. The molecule has 0 aromatic carbocycles. The summed E-state index contributed by atoms with van der Waals surface area (Å²) in [5.41, 5.74) is 0.858. The third kappa shape index (κ3) is 3.52. The van der Waals surface area contributed by atoms with Gasteiger partial charge < -0.3 is 20.2 Å². The zero-order valence-corrected chi connectivity index (χ0v) is 19.6. The first kappa shape index (κ1) is 23.0. The minimum atomic E-state index is -0.739. The van der Waals surface area contributed by atoms with Gasteiger partial charge in [-0.2, -0.15) is 0 Å². The van der Waals surface area contributed by atoms with Gasteiger partial charge in [-0.3, -0.25) is 4.79 Å². The zero-order chi connectivity index (χ0) is 22.6. The zero-order valence-electron chi connectivity index (χ0n) is 19.6. The van der Waals surface area contributed by atoms with Crippen LogP contribution in [0.1, 0.15) is 78.6 Å². The van der Waals surface area contributed by atoms with Crippen LogP contribution in [-0.2, 0) is 9.53 Å². The molecule has 4 saturated carbocycles. The molecule has 0 saturated heterocycles. The number of ether oxygens (including phenoxy) is 1. The highest BCUT2D eigenvalue weighted by atomic mass is 16.5. The summed E-state index contributed by atoms with van der Waals surface area (Å²) >= 11 is 0. The fourth-order valence-electron chi connectivity index (χ4n) is 8.81. The molecule has 176 valence electrons. The minimum Gasteiger partial charge on any atom is -0.481 e. The number of methoxy groups -OCH3 is 1. The highest BCUT2D eigenvalue weighted by Gasteiger charge is 2.65. The van der Waals surface area contributed by atoms with E-state index >= 15 is 0 Å². The normalized spacial score (nSPS) is 49.2. The van der Waals surface area contributed by atoms with Crippen molar-refractivity contribution in [3.8, 4) is 0 Å². The van der Waals surface area contributed by atoms with E-state index in [1.807, 2.05) is 7.11 Å². The molecular formula is C25H41NO5. The van der Waals surface area contributed by atoms with Crippen LogP contribution in [0.4, 0.5) is 0 Å². The van der Waals surface area contributed by atoms with E-state index in [2.05, 4.69) is 25.9 Å². The van der Waals surface area contributed by atoms with E-state index in [0.717, 1.165) is 50.7 Å². The number of fused-ring (bicyclic) bond motifs is 5. The Balaban J connectivity index is 1.68. The molecule has 10 atom stereocenters. The van der Waals surface area contributed by atoms with Gasteiger partial charge in [0.1, 0.15) is 0 Å². The summed E-state index contributed by atoms with van der Waals surface area (Å²) in [7, 11) is 1.83. The first-order chi connectivity index (χ1) is 14.7. The van der Waals surface area contributed by atoms with Gasteiger partial charge in [-0.1, -0.05) is 25.9 Å². The second-order valence-corrected chi connectivity index (χ2v) is 11.6. The Morgan fingerprint density at radius 3 is 2.61 bits per heavy atom. The van der Waals surface area contributed by atoms with E-state index in [-0.39, 0.29) is 35.4 Å². The molecule has 0 bridgehead atoms. The van der Waals surface area contributed by atoms with Gasteiger partial charge in [0.05, 0.1) is 17.9 Å². The maximum Gasteiger partial charge on any atom is 0.303 e. The number of aliphatic hydroxyl groups excluding tert-OH is 1. The molecule has 0 heterocycles. The number of nitrogens with zero attached hydrogens (tertiary/aromatic N) is 1. The maximum absolute atomic E-state index is 11.2. The van der Waals surface area contributed by atoms with Crippen LogP contribution in [0.5, 0.6) is 0 Å². The third-order valence-electron chi connectivity index (χ3n) is 10.5. The molecular weight excluding hydrogens is 394 g/mol. The number of aliphatic hydroxyl groups is 1. The average Bonchev–Trinajstić information content (AvgIpc) is 3.09. The minimum absolute atomic E-state index is 0.142. The molecule has 0 radical (unpaired) electrons. The molecule has 4 fully saturated rings. The van der Waals surface area contributed by atoms with Gasteiger partial charge in [-0.25, -0.2) is 0 Å². The van der Waals surface area contributed by atoms with Crippen molar-refractivity contribution in [3.63, 3.8) is 0 Å². The lowest BCUT2D eigenvalue weighted by Gasteiger charge is -2.62. The summed E-state index contributed by atoms with van der Waals surface area (Å²) in [6.07, 6.45) is 7.49. The molecule has 4 aliphatic rings. The first-order valence-electron chi connectivity index (χ1n) is 12.3. The lowest BCUT2D eigenvalue weighted by atomic mass is 9.43. The fraction of sp³-hybridized carbons (Fsp3) is 0.920. The van der Waals surface area contributed by atoms with E-state index in [1.54, 1.807) is 0 Å². The molecule has 0 aromatic rings. The van der Waals surface area contributed by atoms with E-state index in [0.29, 0.717) is 36.0 Å². The van der Waals surface area contributed by atoms with E-state index in [1.165, 1.54) is 0 Å². The van der Waals surface area contributed by atoms with E-state index in [9.17, 15) is 20.2 Å². The predicted molar refractivity (Wildman–Crippen MR) is 118 cm³/mol. The van der Waals surface area contributed by atoms with Crippen LogP contribution in [0.15, 0.2) is 5.16 Å². The molecule has 6 heteroatoms. The van der Waals surface area contributed by atoms with Crippen molar-refractivity contribution in [1.29, 1.82) is 0 Å². The van der Waals surface area contributed by atoms with Crippen molar-refractivity contribution in [3.05, 3.63) is 0 Å². The molecule has 0 unspecified atom stereocenters. The van der Waals surface area contributed by atoms with Crippen molar-refractivity contribution >= 4 is 11.7 Å². The molecule has 0 aliphatic heterocycles. The third-order valence-corrected chi connectivity index (χ3v) is 10.5. The van der Waals surface area contributed by atoms with Gasteiger partial charge in [0.2, 0.25) is 0 Å². The second kappa shape index (κ2) is 8.33. The molecule has 6 nitrogen and oxygen atoms in total. The van der Waals surface area contributed by atoms with Crippen LogP contribution >= 0.6 is 0 Å². The molecule has 3 N–H and O–H groups in total. The number of carboxylic acid groups (broad SMARTS) is 1. The highest BCUT2D eigenvalue weighted by molar-refractivity contribution is 5.91. The number of aliphatic carboxylic acids is 1. The Labute approximate surface area is 186 Å². The molecule has 0 aromatic heterocycles. The number of oxime groups is 1. The Morgan fingerprint density at radius 2 is 1.97 bits per heavy atom. The van der Waals surface area contributed by atoms with Crippen LogP contribution in [0.25, 0.3) is 0 Å². The highest BCUT2D eigenvalue weighted by Crippen LogP contribution is 2.67. The smallest absolute Gasteiger partial charge is 0.303 e. The Bertz CT molecular complexity index is 725. The van der Waals surface area contributed by atoms with Crippen LogP contribution in [-0.4, -0.2) is 46.4 Å². The number of carbonyl (C=O) groups is 1. The lowest BCUT2D eigenvalue weighted by molar-refractivity contribution is -0.159. The average molecular weight is 436 g/mol. The van der Waals surface area contributed by atoms with Crippen molar-refractivity contribution in [2.24, 2.45) is 51.5 Å². The first-order valence-corrected chi connectivity index (χ1v) is 12.3.